The van der Waals surface area contributed by atoms with E-state index in [1.807, 2.05) is 47.4 Å². The number of methoxy groups -OCH3 is 3. The van der Waals surface area contributed by atoms with Crippen LogP contribution in [0.4, 0.5) is 22.7 Å². The number of aliphatic imine (C=N–C) groups is 1. The lowest BCUT2D eigenvalue weighted by Gasteiger charge is -2.23. The molecular formula is C40H36N4O8. The minimum absolute atomic E-state index is 0.0259. The van der Waals surface area contributed by atoms with Crippen molar-refractivity contribution in [2.75, 3.05) is 56.2 Å². The lowest BCUT2D eigenvalue weighted by Crippen LogP contribution is -2.39. The molecule has 1 N–H and O–H groups in total. The monoisotopic (exact) mass is 700 g/mol. The van der Waals surface area contributed by atoms with Crippen LogP contribution in [0.15, 0.2) is 89.4 Å². The Kier molecular flexibility index (Phi) is 8.50. The molecule has 4 aromatic carbocycles. The molecule has 4 aliphatic rings. The molecule has 0 saturated carbocycles. The average molecular weight is 701 g/mol. The smallest absolute Gasteiger partial charge is 0.330 e. The molecule has 0 radical (unpaired) electrons. The van der Waals surface area contributed by atoms with Crippen LogP contribution in [0.2, 0.25) is 0 Å². The first kappa shape index (κ1) is 32.9. The van der Waals surface area contributed by atoms with Crippen LogP contribution in [0.1, 0.15) is 31.8 Å². The van der Waals surface area contributed by atoms with Crippen molar-refractivity contribution >= 4 is 46.7 Å². The van der Waals surface area contributed by atoms with Gasteiger partial charge in [-0.25, -0.2) is 4.79 Å². The highest BCUT2D eigenvalue weighted by atomic mass is 16.5. The molecule has 0 spiro atoms. The van der Waals surface area contributed by atoms with Crippen molar-refractivity contribution in [2.45, 2.75) is 24.9 Å². The summed E-state index contributed by atoms with van der Waals surface area (Å²) in [6.07, 6.45) is 4.52. The first-order valence-corrected chi connectivity index (χ1v) is 16.9. The van der Waals surface area contributed by atoms with E-state index in [0.29, 0.717) is 64.0 Å². The molecule has 0 bridgehead atoms. The maximum atomic E-state index is 13.9. The quantitative estimate of drug-likeness (QED) is 0.177. The second kappa shape index (κ2) is 13.4. The molecule has 4 aliphatic heterocycles. The van der Waals surface area contributed by atoms with Gasteiger partial charge >= 0.3 is 5.97 Å². The van der Waals surface area contributed by atoms with Crippen LogP contribution in [0.3, 0.4) is 0 Å². The number of para-hydroxylation sites is 2. The first-order chi connectivity index (χ1) is 25.4. The normalized spacial score (nSPS) is 18.1. The summed E-state index contributed by atoms with van der Waals surface area (Å²) in [6, 6.07) is 22.3. The fraction of sp³-hybridized carbons (Fsp3) is 0.250. The van der Waals surface area contributed by atoms with Crippen LogP contribution in [0.5, 0.6) is 23.0 Å². The van der Waals surface area contributed by atoms with Gasteiger partial charge in [0.1, 0.15) is 13.2 Å². The summed E-state index contributed by atoms with van der Waals surface area (Å²) < 4.78 is 28.6. The largest absolute Gasteiger partial charge is 0.493 e. The number of ether oxygens (including phenoxy) is 5. The molecule has 2 amide bonds. The van der Waals surface area contributed by atoms with Gasteiger partial charge in [-0.2, -0.15) is 0 Å². The summed E-state index contributed by atoms with van der Waals surface area (Å²) in [5.41, 5.74) is 6.39. The maximum Gasteiger partial charge on any atom is 0.330 e. The second-order valence-corrected chi connectivity index (χ2v) is 12.9. The third-order valence-corrected chi connectivity index (χ3v) is 9.83. The Morgan fingerprint density at radius 1 is 0.788 bits per heavy atom. The van der Waals surface area contributed by atoms with Gasteiger partial charge in [0.2, 0.25) is 0 Å². The number of esters is 1. The number of fused-ring (bicyclic) bond motifs is 8. The molecule has 0 fully saturated rings. The molecular weight excluding hydrogens is 664 g/mol. The molecule has 8 rings (SSSR count). The highest BCUT2D eigenvalue weighted by Gasteiger charge is 2.38. The number of carbonyl (C=O) groups is 3. The second-order valence-electron chi connectivity index (χ2n) is 12.9. The van der Waals surface area contributed by atoms with Gasteiger partial charge in [0.05, 0.1) is 55.9 Å². The molecule has 12 heteroatoms. The molecule has 0 unspecified atom stereocenters. The average Bonchev–Trinajstić information content (AvgIpc) is 3.66. The van der Waals surface area contributed by atoms with Crippen LogP contribution in [-0.2, 0) is 22.4 Å². The SMILES string of the molecule is COC(=O)C=C(COc1cc2c(cc1OC)C(=O)N1c3ccccc3C[C@H]1C=N2)COc1cc2c(cc1OC)C(=O)N1c3ccccc3C[C@H]1CN2. The number of amides is 2. The van der Waals surface area contributed by atoms with E-state index in [-0.39, 0.29) is 37.1 Å². The summed E-state index contributed by atoms with van der Waals surface area (Å²) in [5.74, 6) is 0.506. The van der Waals surface area contributed by atoms with Gasteiger partial charge in [0, 0.05) is 54.3 Å². The van der Waals surface area contributed by atoms with Crippen molar-refractivity contribution in [3.05, 3.63) is 107 Å². The Morgan fingerprint density at radius 3 is 2.10 bits per heavy atom. The Morgan fingerprint density at radius 2 is 1.40 bits per heavy atom. The predicted molar refractivity (Wildman–Crippen MR) is 195 cm³/mol. The van der Waals surface area contributed by atoms with Crippen molar-refractivity contribution in [3.63, 3.8) is 0 Å². The molecule has 0 saturated heterocycles. The molecule has 4 aromatic rings. The minimum Gasteiger partial charge on any atom is -0.493 e. The first-order valence-electron chi connectivity index (χ1n) is 16.9. The van der Waals surface area contributed by atoms with Gasteiger partial charge in [0.15, 0.2) is 23.0 Å². The van der Waals surface area contributed by atoms with E-state index in [0.717, 1.165) is 28.9 Å². The molecule has 0 aliphatic carbocycles. The lowest BCUT2D eigenvalue weighted by atomic mass is 10.1. The van der Waals surface area contributed by atoms with Crippen molar-refractivity contribution in [2.24, 2.45) is 4.99 Å². The Balaban J connectivity index is 1.02. The number of anilines is 3. The van der Waals surface area contributed by atoms with Gasteiger partial charge in [-0.1, -0.05) is 36.4 Å². The number of carbonyl (C=O) groups excluding carboxylic acids is 3. The number of nitrogens with one attached hydrogen (secondary N) is 1. The lowest BCUT2D eigenvalue weighted by molar-refractivity contribution is -0.134. The molecule has 2 atom stereocenters. The van der Waals surface area contributed by atoms with Crippen LogP contribution < -0.4 is 34.1 Å². The van der Waals surface area contributed by atoms with Crippen LogP contribution in [-0.4, -0.2) is 77.2 Å². The number of hydrogen-bond acceptors (Lipinski definition) is 10. The van der Waals surface area contributed by atoms with Crippen molar-refractivity contribution < 1.29 is 38.1 Å². The van der Waals surface area contributed by atoms with E-state index >= 15 is 0 Å². The Bertz CT molecular complexity index is 2180. The van der Waals surface area contributed by atoms with E-state index in [9.17, 15) is 14.4 Å². The van der Waals surface area contributed by atoms with Crippen molar-refractivity contribution in [3.8, 4) is 23.0 Å². The zero-order chi connectivity index (χ0) is 35.9. The van der Waals surface area contributed by atoms with Crippen molar-refractivity contribution in [1.29, 1.82) is 0 Å². The van der Waals surface area contributed by atoms with Gasteiger partial charge < -0.3 is 33.9 Å². The summed E-state index contributed by atoms with van der Waals surface area (Å²) in [4.78, 5) is 48.4. The van der Waals surface area contributed by atoms with E-state index in [1.165, 1.54) is 27.4 Å². The highest BCUT2D eigenvalue weighted by molar-refractivity contribution is 6.15. The van der Waals surface area contributed by atoms with Crippen molar-refractivity contribution in [1.82, 2.24) is 0 Å². The molecule has 0 aromatic heterocycles. The summed E-state index contributed by atoms with van der Waals surface area (Å²) in [7, 11) is 4.29. The van der Waals surface area contributed by atoms with E-state index in [1.54, 1.807) is 35.4 Å². The third-order valence-electron chi connectivity index (χ3n) is 9.83. The summed E-state index contributed by atoms with van der Waals surface area (Å²) >= 11 is 0. The molecule has 52 heavy (non-hydrogen) atoms. The standard InChI is InChI=1S/C40H36N4O8/c1-48-34-15-28-30(41-19-26-13-24-8-4-6-10-32(24)43(26)39(28)46)17-36(34)51-21-23(12-38(45)50-3)22-52-37-18-31-29(16-35(37)49-2)40(47)44-27(20-42-31)14-25-9-5-7-11-33(25)44/h4-12,15-19,26-27,42H,13-14,20-22H2,1-3H3/t26-,27-/m0/s1. The van der Waals surface area contributed by atoms with Gasteiger partial charge in [-0.15, -0.1) is 0 Å². The number of benzene rings is 4. The highest BCUT2D eigenvalue weighted by Crippen LogP contribution is 2.42. The zero-order valence-electron chi connectivity index (χ0n) is 28.9. The van der Waals surface area contributed by atoms with E-state index in [2.05, 4.69) is 16.4 Å². The van der Waals surface area contributed by atoms with Gasteiger partial charge in [0.25, 0.3) is 11.8 Å². The number of nitrogens with zero attached hydrogens (tertiary/aromatic N) is 3. The molecule has 4 heterocycles. The summed E-state index contributed by atoms with van der Waals surface area (Å²) in [5, 5.41) is 3.43. The number of rotatable bonds is 9. The van der Waals surface area contributed by atoms with Crippen LogP contribution in [0.25, 0.3) is 0 Å². The fourth-order valence-corrected chi connectivity index (χ4v) is 7.29. The third kappa shape index (κ3) is 5.75. The van der Waals surface area contributed by atoms with Crippen LogP contribution in [0, 0.1) is 0 Å². The molecule has 264 valence electrons. The Labute approximate surface area is 300 Å². The Hall–Kier alpha value is -6.30. The predicted octanol–water partition coefficient (Wildman–Crippen LogP) is 5.55. The van der Waals surface area contributed by atoms with E-state index < -0.39 is 5.97 Å². The van der Waals surface area contributed by atoms with Gasteiger partial charge in [-0.3, -0.25) is 19.5 Å². The molecule has 12 nitrogen and oxygen atoms in total. The fourth-order valence-electron chi connectivity index (χ4n) is 7.29. The summed E-state index contributed by atoms with van der Waals surface area (Å²) in [6.45, 7) is 0.412. The van der Waals surface area contributed by atoms with E-state index in [4.69, 9.17) is 23.7 Å². The topological polar surface area (TPSA) is 128 Å². The zero-order valence-corrected chi connectivity index (χ0v) is 28.9. The van der Waals surface area contributed by atoms with Crippen LogP contribution >= 0.6 is 0 Å². The van der Waals surface area contributed by atoms with Gasteiger partial charge in [-0.05, 0) is 41.8 Å². The number of hydrogen-bond donors (Lipinski definition) is 1. The maximum absolute atomic E-state index is 13.9. The minimum atomic E-state index is -0.589.